The van der Waals surface area contributed by atoms with Crippen LogP contribution in [0.4, 0.5) is 0 Å². The van der Waals surface area contributed by atoms with Crippen LogP contribution >= 0.6 is 0 Å². The van der Waals surface area contributed by atoms with Crippen molar-refractivity contribution in [2.24, 2.45) is 0 Å². The SMILES string of the molecule is COc1ccc(C2(c3ccccc3)C=Cc3cc(OC)c4c(c3C2)C(=O)C2=c3ccccc3=CC2O4)cc1. The number of Topliss-reactive ketones (excluding diaryl/α,β-unsaturated/α-hetero) is 1. The lowest BCUT2D eigenvalue weighted by Crippen LogP contribution is -2.35. The van der Waals surface area contributed by atoms with Gasteiger partial charge in [-0.2, -0.15) is 0 Å². The van der Waals surface area contributed by atoms with E-state index in [1.165, 1.54) is 0 Å². The first-order chi connectivity index (χ1) is 18.6. The number of fused-ring (bicyclic) bond motifs is 5. The van der Waals surface area contributed by atoms with E-state index in [9.17, 15) is 4.79 Å². The van der Waals surface area contributed by atoms with Crippen molar-refractivity contribution in [3.05, 3.63) is 129 Å². The second-order valence-electron chi connectivity index (χ2n) is 9.96. The predicted octanol–water partition coefficient (Wildman–Crippen LogP) is 4.85. The molecule has 4 aromatic carbocycles. The molecule has 0 aromatic heterocycles. The van der Waals surface area contributed by atoms with Crippen molar-refractivity contribution >= 4 is 23.5 Å². The number of rotatable bonds is 4. The summed E-state index contributed by atoms with van der Waals surface area (Å²) in [6.07, 6.45) is 6.59. The van der Waals surface area contributed by atoms with Crippen LogP contribution in [0, 0.1) is 0 Å². The molecule has 0 saturated carbocycles. The van der Waals surface area contributed by atoms with Crippen LogP contribution in [-0.4, -0.2) is 26.1 Å². The molecule has 2 unspecified atom stereocenters. The Morgan fingerprint density at radius 1 is 0.868 bits per heavy atom. The van der Waals surface area contributed by atoms with Gasteiger partial charge in [-0.3, -0.25) is 4.79 Å². The number of hydrogen-bond acceptors (Lipinski definition) is 4. The summed E-state index contributed by atoms with van der Waals surface area (Å²) >= 11 is 0. The molecule has 1 heterocycles. The van der Waals surface area contributed by atoms with E-state index in [1.807, 2.05) is 54.6 Å². The van der Waals surface area contributed by atoms with Crippen LogP contribution in [0.2, 0.25) is 0 Å². The number of hydrogen-bond donors (Lipinski definition) is 0. The molecule has 0 radical (unpaired) electrons. The van der Waals surface area contributed by atoms with Gasteiger partial charge in [0, 0.05) is 5.41 Å². The first-order valence-corrected chi connectivity index (χ1v) is 12.8. The van der Waals surface area contributed by atoms with Crippen molar-refractivity contribution < 1.29 is 19.0 Å². The highest BCUT2D eigenvalue weighted by Crippen LogP contribution is 2.49. The number of ether oxygens (including phenoxy) is 3. The van der Waals surface area contributed by atoms with Gasteiger partial charge in [0.2, 0.25) is 0 Å². The van der Waals surface area contributed by atoms with E-state index < -0.39 is 11.5 Å². The third kappa shape index (κ3) is 3.20. The van der Waals surface area contributed by atoms with Gasteiger partial charge in [0.15, 0.2) is 17.3 Å². The summed E-state index contributed by atoms with van der Waals surface area (Å²) in [6, 6.07) is 28.7. The summed E-state index contributed by atoms with van der Waals surface area (Å²) < 4.78 is 17.7. The highest BCUT2D eigenvalue weighted by atomic mass is 16.5. The molecule has 0 spiro atoms. The van der Waals surface area contributed by atoms with E-state index in [4.69, 9.17) is 14.2 Å². The average Bonchev–Trinajstić information content (AvgIpc) is 3.35. The summed E-state index contributed by atoms with van der Waals surface area (Å²) in [5, 5.41) is 1.97. The Hall–Kier alpha value is -4.57. The predicted molar refractivity (Wildman–Crippen MR) is 148 cm³/mol. The van der Waals surface area contributed by atoms with E-state index in [0.29, 0.717) is 29.1 Å². The minimum atomic E-state index is -0.468. The third-order valence-corrected chi connectivity index (χ3v) is 8.09. The van der Waals surface area contributed by atoms with Crippen LogP contribution in [-0.2, 0) is 11.8 Å². The van der Waals surface area contributed by atoms with Gasteiger partial charge < -0.3 is 14.2 Å². The van der Waals surface area contributed by atoms with Crippen molar-refractivity contribution in [3.8, 4) is 17.2 Å². The van der Waals surface area contributed by atoms with Crippen LogP contribution in [0.3, 0.4) is 0 Å². The van der Waals surface area contributed by atoms with E-state index in [-0.39, 0.29) is 5.78 Å². The molecule has 4 heteroatoms. The number of methoxy groups -OCH3 is 2. The molecule has 2 aliphatic carbocycles. The Morgan fingerprint density at radius 2 is 1.61 bits per heavy atom. The van der Waals surface area contributed by atoms with Crippen LogP contribution in [0.5, 0.6) is 17.2 Å². The monoisotopic (exact) mass is 498 g/mol. The van der Waals surface area contributed by atoms with E-state index in [1.54, 1.807) is 14.2 Å². The van der Waals surface area contributed by atoms with Crippen LogP contribution in [0.15, 0.2) is 91.0 Å². The summed E-state index contributed by atoms with van der Waals surface area (Å²) in [6.45, 7) is 0. The molecule has 4 aromatic rings. The molecule has 0 amide bonds. The lowest BCUT2D eigenvalue weighted by Gasteiger charge is -2.38. The second kappa shape index (κ2) is 8.49. The molecule has 0 fully saturated rings. The van der Waals surface area contributed by atoms with Gasteiger partial charge in [-0.25, -0.2) is 0 Å². The second-order valence-corrected chi connectivity index (χ2v) is 9.96. The normalized spacial score (nSPS) is 20.4. The fourth-order valence-electron chi connectivity index (χ4n) is 6.20. The average molecular weight is 499 g/mol. The highest BCUT2D eigenvalue weighted by molar-refractivity contribution is 6.30. The fourth-order valence-corrected chi connectivity index (χ4v) is 6.20. The van der Waals surface area contributed by atoms with Crippen LogP contribution in [0.1, 0.15) is 32.6 Å². The largest absolute Gasteiger partial charge is 0.497 e. The van der Waals surface area contributed by atoms with Gasteiger partial charge in [-0.1, -0.05) is 78.9 Å². The summed E-state index contributed by atoms with van der Waals surface area (Å²) in [5.41, 5.74) is 5.08. The van der Waals surface area contributed by atoms with Gasteiger partial charge in [-0.05, 0) is 63.4 Å². The van der Waals surface area contributed by atoms with Gasteiger partial charge in [0.1, 0.15) is 11.9 Å². The maximum absolute atomic E-state index is 14.3. The van der Waals surface area contributed by atoms with Crippen molar-refractivity contribution in [1.29, 1.82) is 0 Å². The molecule has 2 atom stereocenters. The number of ketones is 1. The Labute approximate surface area is 221 Å². The van der Waals surface area contributed by atoms with Crippen LogP contribution in [0.25, 0.3) is 17.7 Å². The molecule has 1 aliphatic heterocycles. The molecular formula is C34H26O4. The number of carbonyl (C=O) groups excluding carboxylic acids is 1. The van der Waals surface area contributed by atoms with Crippen molar-refractivity contribution in [3.63, 3.8) is 0 Å². The molecule has 186 valence electrons. The van der Waals surface area contributed by atoms with Crippen LogP contribution < -0.4 is 24.6 Å². The molecule has 0 N–H and O–H groups in total. The summed E-state index contributed by atoms with van der Waals surface area (Å²) in [4.78, 5) is 14.3. The van der Waals surface area contributed by atoms with Gasteiger partial charge in [-0.15, -0.1) is 0 Å². The molecule has 3 aliphatic rings. The standard InChI is InChI=1S/C34H26O4/c1-36-25-14-12-24(13-15-25)34(23-9-4-3-5-10-23)17-16-22-19-29(37-2)33-31(27(22)20-34)32(35)30-26-11-7-6-8-21(26)18-28(30)38-33/h3-19,28H,20H2,1-2H3. The maximum Gasteiger partial charge on any atom is 0.197 e. The number of benzene rings is 4. The highest BCUT2D eigenvalue weighted by Gasteiger charge is 2.42. The zero-order valence-electron chi connectivity index (χ0n) is 21.2. The molecule has 4 nitrogen and oxygen atoms in total. The molecule has 0 saturated heterocycles. The minimum Gasteiger partial charge on any atom is -0.497 e. The van der Waals surface area contributed by atoms with Crippen molar-refractivity contribution in [1.82, 2.24) is 0 Å². The maximum atomic E-state index is 14.3. The molecule has 7 rings (SSSR count). The zero-order chi connectivity index (χ0) is 25.9. The number of carbonyl (C=O) groups is 1. The molecule has 38 heavy (non-hydrogen) atoms. The Bertz CT molecular complexity index is 1750. The van der Waals surface area contributed by atoms with Gasteiger partial charge in [0.05, 0.1) is 25.4 Å². The molecule has 0 bridgehead atoms. The van der Waals surface area contributed by atoms with Crippen molar-refractivity contribution in [2.45, 2.75) is 17.9 Å². The quantitative estimate of drug-likeness (QED) is 0.404. The smallest absolute Gasteiger partial charge is 0.197 e. The topological polar surface area (TPSA) is 44.8 Å². The lowest BCUT2D eigenvalue weighted by molar-refractivity contribution is 0.102. The van der Waals surface area contributed by atoms with Gasteiger partial charge >= 0.3 is 0 Å². The lowest BCUT2D eigenvalue weighted by atomic mass is 9.66. The third-order valence-electron chi connectivity index (χ3n) is 8.09. The fraction of sp³-hybridized carbons (Fsp3) is 0.147. The van der Waals surface area contributed by atoms with Gasteiger partial charge in [0.25, 0.3) is 0 Å². The number of allylic oxidation sites excluding steroid dienone is 1. The van der Waals surface area contributed by atoms with Crippen molar-refractivity contribution in [2.75, 3.05) is 14.2 Å². The van der Waals surface area contributed by atoms with E-state index in [2.05, 4.69) is 48.6 Å². The Morgan fingerprint density at radius 3 is 2.37 bits per heavy atom. The van der Waals surface area contributed by atoms with E-state index >= 15 is 0 Å². The van der Waals surface area contributed by atoms with E-state index in [0.717, 1.165) is 38.4 Å². The zero-order valence-corrected chi connectivity index (χ0v) is 21.2. The summed E-state index contributed by atoms with van der Waals surface area (Å²) in [7, 11) is 3.30. The minimum absolute atomic E-state index is 0.0135. The Balaban J connectivity index is 1.47. The first-order valence-electron chi connectivity index (χ1n) is 12.8. The summed E-state index contributed by atoms with van der Waals surface area (Å²) in [5.74, 6) is 1.93. The Kier molecular flexibility index (Phi) is 5.05. The first kappa shape index (κ1) is 22.6. The molecular weight excluding hydrogens is 472 g/mol.